The van der Waals surface area contributed by atoms with Crippen LogP contribution in [0.4, 0.5) is 13.2 Å². The highest BCUT2D eigenvalue weighted by Gasteiger charge is 2.34. The summed E-state index contributed by atoms with van der Waals surface area (Å²) in [7, 11) is 0. The van der Waals surface area contributed by atoms with Crippen molar-refractivity contribution >= 4 is 15.9 Å². The number of nitrogens with one attached hydrogen (secondary N) is 1. The summed E-state index contributed by atoms with van der Waals surface area (Å²) in [6.45, 7) is 0. The largest absolute Gasteiger partial charge is 0.466 e. The van der Waals surface area contributed by atoms with Crippen molar-refractivity contribution < 1.29 is 17.6 Å². The second kappa shape index (κ2) is 4.33. The topological polar surface area (TPSA) is 51.2 Å². The standard InChI is InChI=1S/C7H8BrF3N2O/c8-4-1-2-14-6(4)5(13-12)3-7(9,10)11/h1-2,5,13H,3,12H2. The van der Waals surface area contributed by atoms with Crippen LogP contribution in [0, 0.1) is 0 Å². The van der Waals surface area contributed by atoms with Crippen molar-refractivity contribution in [2.24, 2.45) is 5.84 Å². The fourth-order valence-corrected chi connectivity index (χ4v) is 1.49. The third kappa shape index (κ3) is 3.00. The van der Waals surface area contributed by atoms with Gasteiger partial charge in [0.15, 0.2) is 0 Å². The second-order valence-corrected chi connectivity index (χ2v) is 3.53. The van der Waals surface area contributed by atoms with Crippen LogP contribution in [0.25, 0.3) is 0 Å². The summed E-state index contributed by atoms with van der Waals surface area (Å²) in [5, 5.41) is 0. The van der Waals surface area contributed by atoms with Gasteiger partial charge in [0.1, 0.15) is 5.76 Å². The quantitative estimate of drug-likeness (QED) is 0.657. The highest BCUT2D eigenvalue weighted by Crippen LogP contribution is 2.32. The summed E-state index contributed by atoms with van der Waals surface area (Å²) in [4.78, 5) is 0. The number of rotatable bonds is 3. The van der Waals surface area contributed by atoms with E-state index < -0.39 is 18.6 Å². The van der Waals surface area contributed by atoms with Gasteiger partial charge < -0.3 is 4.42 Å². The lowest BCUT2D eigenvalue weighted by atomic mass is 10.1. The van der Waals surface area contributed by atoms with Crippen LogP contribution in [-0.4, -0.2) is 6.18 Å². The van der Waals surface area contributed by atoms with Crippen LogP contribution in [0.2, 0.25) is 0 Å². The summed E-state index contributed by atoms with van der Waals surface area (Å²) in [6.07, 6.45) is -4.07. The van der Waals surface area contributed by atoms with Gasteiger partial charge in [-0.15, -0.1) is 0 Å². The maximum Gasteiger partial charge on any atom is 0.391 e. The van der Waals surface area contributed by atoms with Crippen LogP contribution in [0.5, 0.6) is 0 Å². The van der Waals surface area contributed by atoms with Crippen molar-refractivity contribution in [2.45, 2.75) is 18.6 Å². The van der Waals surface area contributed by atoms with Gasteiger partial charge in [0.05, 0.1) is 23.2 Å². The Morgan fingerprint density at radius 3 is 2.57 bits per heavy atom. The summed E-state index contributed by atoms with van der Waals surface area (Å²) >= 11 is 3.06. The van der Waals surface area contributed by atoms with Crippen molar-refractivity contribution in [1.82, 2.24) is 5.43 Å². The van der Waals surface area contributed by atoms with E-state index in [9.17, 15) is 13.2 Å². The lowest BCUT2D eigenvalue weighted by Crippen LogP contribution is -2.31. The fraction of sp³-hybridized carbons (Fsp3) is 0.429. The molecule has 0 fully saturated rings. The molecule has 1 rings (SSSR count). The maximum absolute atomic E-state index is 12.1. The number of hydrogen-bond donors (Lipinski definition) is 2. The van der Waals surface area contributed by atoms with E-state index in [-0.39, 0.29) is 5.76 Å². The molecular weight excluding hydrogens is 265 g/mol. The number of nitrogens with two attached hydrogens (primary N) is 1. The minimum Gasteiger partial charge on any atom is -0.466 e. The molecule has 14 heavy (non-hydrogen) atoms. The summed E-state index contributed by atoms with van der Waals surface area (Å²) in [5.74, 6) is 5.15. The first-order valence-electron chi connectivity index (χ1n) is 3.70. The van der Waals surface area contributed by atoms with Crippen LogP contribution in [0.15, 0.2) is 21.2 Å². The lowest BCUT2D eigenvalue weighted by molar-refractivity contribution is -0.141. The van der Waals surface area contributed by atoms with Gasteiger partial charge in [-0.05, 0) is 22.0 Å². The van der Waals surface area contributed by atoms with E-state index in [1.54, 1.807) is 0 Å². The Bertz CT molecular complexity index is 299. The molecule has 3 N–H and O–H groups in total. The highest BCUT2D eigenvalue weighted by molar-refractivity contribution is 9.10. The molecule has 1 unspecified atom stereocenters. The monoisotopic (exact) mass is 272 g/mol. The molecule has 1 heterocycles. The Morgan fingerprint density at radius 2 is 2.21 bits per heavy atom. The number of furan rings is 1. The molecule has 0 aromatic carbocycles. The number of alkyl halides is 3. The molecule has 3 nitrogen and oxygen atoms in total. The molecule has 1 aromatic rings. The van der Waals surface area contributed by atoms with Crippen molar-refractivity contribution in [3.05, 3.63) is 22.6 Å². The molecule has 0 spiro atoms. The Kier molecular flexibility index (Phi) is 3.57. The highest BCUT2D eigenvalue weighted by atomic mass is 79.9. The Morgan fingerprint density at radius 1 is 1.57 bits per heavy atom. The van der Waals surface area contributed by atoms with Crippen LogP contribution in [-0.2, 0) is 0 Å². The predicted octanol–water partition coefficient (Wildman–Crippen LogP) is 2.50. The van der Waals surface area contributed by atoms with E-state index in [2.05, 4.69) is 21.4 Å². The zero-order valence-corrected chi connectivity index (χ0v) is 8.52. The molecule has 80 valence electrons. The van der Waals surface area contributed by atoms with Crippen molar-refractivity contribution in [2.75, 3.05) is 0 Å². The normalized spacial score (nSPS) is 14.4. The first-order chi connectivity index (χ1) is 6.44. The summed E-state index contributed by atoms with van der Waals surface area (Å²) < 4.78 is 41.5. The molecule has 0 saturated carbocycles. The average molecular weight is 273 g/mol. The van der Waals surface area contributed by atoms with Gasteiger partial charge in [0.2, 0.25) is 0 Å². The van der Waals surface area contributed by atoms with Crippen LogP contribution < -0.4 is 11.3 Å². The Labute approximate surface area is 86.5 Å². The van der Waals surface area contributed by atoms with Gasteiger partial charge in [-0.2, -0.15) is 13.2 Å². The predicted molar refractivity (Wildman–Crippen MR) is 47.1 cm³/mol. The minimum absolute atomic E-state index is 0.143. The zero-order chi connectivity index (χ0) is 10.8. The first kappa shape index (κ1) is 11.5. The van der Waals surface area contributed by atoms with Crippen LogP contribution in [0.3, 0.4) is 0 Å². The van der Waals surface area contributed by atoms with E-state index in [1.807, 2.05) is 0 Å². The molecule has 0 amide bonds. The van der Waals surface area contributed by atoms with Gasteiger partial charge in [0, 0.05) is 0 Å². The molecule has 1 atom stereocenters. The molecule has 0 aliphatic rings. The zero-order valence-electron chi connectivity index (χ0n) is 6.94. The van der Waals surface area contributed by atoms with E-state index in [0.29, 0.717) is 4.47 Å². The molecule has 7 heteroatoms. The van der Waals surface area contributed by atoms with E-state index >= 15 is 0 Å². The van der Waals surface area contributed by atoms with Crippen LogP contribution >= 0.6 is 15.9 Å². The molecule has 0 bridgehead atoms. The lowest BCUT2D eigenvalue weighted by Gasteiger charge is -2.15. The van der Waals surface area contributed by atoms with Gasteiger partial charge >= 0.3 is 6.18 Å². The van der Waals surface area contributed by atoms with Gasteiger partial charge in [-0.1, -0.05) is 0 Å². The molecule has 0 aliphatic carbocycles. The van der Waals surface area contributed by atoms with Crippen LogP contribution in [0.1, 0.15) is 18.2 Å². The number of hydrazine groups is 1. The minimum atomic E-state index is -4.29. The Balaban J connectivity index is 2.78. The third-order valence-electron chi connectivity index (χ3n) is 1.60. The van der Waals surface area contributed by atoms with Gasteiger partial charge in [-0.25, -0.2) is 5.43 Å². The average Bonchev–Trinajstić information content (AvgIpc) is 2.45. The van der Waals surface area contributed by atoms with E-state index in [4.69, 9.17) is 10.3 Å². The van der Waals surface area contributed by atoms with Gasteiger partial charge in [0.25, 0.3) is 0 Å². The second-order valence-electron chi connectivity index (χ2n) is 2.67. The third-order valence-corrected chi connectivity index (χ3v) is 2.25. The molecule has 0 saturated heterocycles. The van der Waals surface area contributed by atoms with Crippen molar-refractivity contribution in [3.8, 4) is 0 Å². The van der Waals surface area contributed by atoms with Crippen molar-refractivity contribution in [1.29, 1.82) is 0 Å². The molecular formula is C7H8BrF3N2O. The summed E-state index contributed by atoms with van der Waals surface area (Å²) in [6, 6.07) is 0.440. The summed E-state index contributed by atoms with van der Waals surface area (Å²) in [5.41, 5.74) is 2.06. The van der Waals surface area contributed by atoms with Gasteiger partial charge in [-0.3, -0.25) is 5.84 Å². The Hall–Kier alpha value is -0.530. The molecule has 0 aliphatic heterocycles. The SMILES string of the molecule is NNC(CC(F)(F)F)c1occc1Br. The molecule has 0 radical (unpaired) electrons. The van der Waals surface area contributed by atoms with E-state index in [0.717, 1.165) is 0 Å². The smallest absolute Gasteiger partial charge is 0.391 e. The number of halogens is 4. The fourth-order valence-electron chi connectivity index (χ4n) is 1.01. The molecule has 1 aromatic heterocycles. The first-order valence-corrected chi connectivity index (χ1v) is 4.49. The number of hydrogen-bond acceptors (Lipinski definition) is 3. The van der Waals surface area contributed by atoms with E-state index in [1.165, 1.54) is 12.3 Å². The maximum atomic E-state index is 12.1. The van der Waals surface area contributed by atoms with Crippen molar-refractivity contribution in [3.63, 3.8) is 0 Å².